The molecule has 0 aliphatic rings. The third-order valence-corrected chi connectivity index (χ3v) is 4.81. The summed E-state index contributed by atoms with van der Waals surface area (Å²) in [5.74, 6) is -2.02. The molecule has 0 saturated heterocycles. The lowest BCUT2D eigenvalue weighted by Gasteiger charge is -2.16. The maximum Gasteiger partial charge on any atom is 0.345 e. The van der Waals surface area contributed by atoms with E-state index in [1.54, 1.807) is 42.5 Å². The van der Waals surface area contributed by atoms with Gasteiger partial charge in [-0.05, 0) is 43.0 Å². The van der Waals surface area contributed by atoms with E-state index in [-0.39, 0.29) is 32.3 Å². The number of ether oxygens (including phenoxy) is 1. The quantitative estimate of drug-likeness (QED) is 0.198. The van der Waals surface area contributed by atoms with E-state index >= 15 is 0 Å². The number of hydrogen-bond acceptors (Lipinski definition) is 7. The predicted molar refractivity (Wildman–Crippen MR) is 114 cm³/mol. The molecule has 11 heteroatoms. The van der Waals surface area contributed by atoms with Crippen LogP contribution in [0, 0.1) is 10.1 Å². The summed E-state index contributed by atoms with van der Waals surface area (Å²) >= 11 is 12.4. The fourth-order valence-corrected chi connectivity index (χ4v) is 3.20. The minimum Gasteiger partial charge on any atom is -0.479 e. The number of unbranched alkanes of at least 4 members (excludes halogenated alkanes) is 1. The summed E-state index contributed by atoms with van der Waals surface area (Å²) < 4.78 is 5.10. The zero-order valence-electron chi connectivity index (χ0n) is 16.3. The molecule has 166 valence electrons. The van der Waals surface area contributed by atoms with Gasteiger partial charge in [0, 0.05) is 5.69 Å². The van der Waals surface area contributed by atoms with E-state index in [1.807, 2.05) is 0 Å². The third-order valence-electron chi connectivity index (χ3n) is 4.18. The maximum absolute atomic E-state index is 12.4. The van der Waals surface area contributed by atoms with Crippen molar-refractivity contribution < 1.29 is 29.4 Å². The van der Waals surface area contributed by atoms with Crippen molar-refractivity contribution in [2.75, 3.05) is 11.9 Å². The Balaban J connectivity index is 1.99. The van der Waals surface area contributed by atoms with Gasteiger partial charge in [0.15, 0.2) is 6.10 Å². The van der Waals surface area contributed by atoms with E-state index in [0.29, 0.717) is 27.0 Å². The molecule has 2 rings (SSSR count). The van der Waals surface area contributed by atoms with Gasteiger partial charge in [-0.25, -0.2) is 4.79 Å². The fourth-order valence-electron chi connectivity index (χ4n) is 2.71. The number of carbonyl (C=O) groups excluding carboxylic acids is 1. The number of rotatable bonds is 12. The second-order valence-corrected chi connectivity index (χ2v) is 7.24. The average Bonchev–Trinajstić information content (AvgIpc) is 2.70. The second-order valence-electron chi connectivity index (χ2n) is 6.42. The van der Waals surface area contributed by atoms with Crippen LogP contribution in [0.15, 0.2) is 42.5 Å². The Labute approximate surface area is 188 Å². The molecule has 2 aromatic carbocycles. The SMILES string of the molecule is O=C(Cc1ccccc1Nc1c(Cl)cccc1Cl)OC(CCCCO[N+](=O)[O-])C(=O)O. The summed E-state index contributed by atoms with van der Waals surface area (Å²) in [4.78, 5) is 38.0. The van der Waals surface area contributed by atoms with Gasteiger partial charge in [0.25, 0.3) is 5.09 Å². The van der Waals surface area contributed by atoms with Crippen molar-refractivity contribution in [1.82, 2.24) is 0 Å². The van der Waals surface area contributed by atoms with Crippen LogP contribution in [-0.4, -0.2) is 34.8 Å². The van der Waals surface area contributed by atoms with Gasteiger partial charge in [0.2, 0.25) is 0 Å². The summed E-state index contributed by atoms with van der Waals surface area (Å²) in [6.45, 7) is -0.156. The van der Waals surface area contributed by atoms with E-state index in [2.05, 4.69) is 10.2 Å². The summed E-state index contributed by atoms with van der Waals surface area (Å²) in [6, 6.07) is 11.9. The van der Waals surface area contributed by atoms with Crippen molar-refractivity contribution in [3.05, 3.63) is 68.2 Å². The zero-order valence-corrected chi connectivity index (χ0v) is 17.8. The molecule has 1 unspecified atom stereocenters. The number of hydrogen-bond donors (Lipinski definition) is 2. The Morgan fingerprint density at radius 2 is 1.77 bits per heavy atom. The molecule has 0 bridgehead atoms. The van der Waals surface area contributed by atoms with Crippen molar-refractivity contribution in [2.45, 2.75) is 31.8 Å². The summed E-state index contributed by atoms with van der Waals surface area (Å²) in [5, 5.41) is 22.4. The molecule has 0 spiro atoms. The summed E-state index contributed by atoms with van der Waals surface area (Å²) in [7, 11) is 0. The Morgan fingerprint density at radius 1 is 1.10 bits per heavy atom. The molecule has 2 aromatic rings. The normalized spacial score (nSPS) is 11.4. The van der Waals surface area contributed by atoms with Crippen molar-refractivity contribution in [3.63, 3.8) is 0 Å². The predicted octanol–water partition coefficient (Wildman–Crippen LogP) is 4.65. The van der Waals surface area contributed by atoms with Crippen molar-refractivity contribution in [3.8, 4) is 0 Å². The number of carbonyl (C=O) groups is 2. The topological polar surface area (TPSA) is 128 Å². The van der Waals surface area contributed by atoms with Gasteiger partial charge in [0.05, 0.1) is 28.8 Å². The molecular formula is C20H20Cl2N2O7. The second kappa shape index (κ2) is 12.0. The fraction of sp³-hybridized carbons (Fsp3) is 0.300. The van der Waals surface area contributed by atoms with Crippen molar-refractivity contribution >= 4 is 46.5 Å². The lowest BCUT2D eigenvalue weighted by molar-refractivity contribution is -0.757. The van der Waals surface area contributed by atoms with Gasteiger partial charge in [-0.15, -0.1) is 10.1 Å². The molecule has 0 saturated carbocycles. The number of nitrogens with zero attached hydrogens (tertiary/aromatic N) is 1. The van der Waals surface area contributed by atoms with E-state index in [0.717, 1.165) is 0 Å². The van der Waals surface area contributed by atoms with Crippen molar-refractivity contribution in [1.29, 1.82) is 0 Å². The Hall–Kier alpha value is -3.04. The molecular weight excluding hydrogens is 451 g/mol. The first kappa shape index (κ1) is 24.2. The number of esters is 1. The number of carboxylic acids is 1. The molecule has 31 heavy (non-hydrogen) atoms. The number of anilines is 2. The summed E-state index contributed by atoms with van der Waals surface area (Å²) in [6.07, 6.45) is -0.993. The molecule has 0 aliphatic carbocycles. The first-order valence-corrected chi connectivity index (χ1v) is 10.0. The van der Waals surface area contributed by atoms with E-state index < -0.39 is 23.1 Å². The van der Waals surface area contributed by atoms with Crippen LogP contribution in [-0.2, 0) is 25.6 Å². The molecule has 9 nitrogen and oxygen atoms in total. The van der Waals surface area contributed by atoms with Gasteiger partial charge in [0.1, 0.15) is 0 Å². The molecule has 0 aromatic heterocycles. The van der Waals surface area contributed by atoms with Crippen LogP contribution in [0.2, 0.25) is 10.0 Å². The van der Waals surface area contributed by atoms with Gasteiger partial charge in [-0.1, -0.05) is 47.5 Å². The molecule has 2 N–H and O–H groups in total. The highest BCUT2D eigenvalue weighted by Crippen LogP contribution is 2.33. The Bertz CT molecular complexity index is 919. The van der Waals surface area contributed by atoms with Gasteiger partial charge >= 0.3 is 11.9 Å². The maximum atomic E-state index is 12.4. The van der Waals surface area contributed by atoms with E-state index in [1.165, 1.54) is 0 Å². The first-order valence-electron chi connectivity index (χ1n) is 9.26. The number of carboxylic acid groups (broad SMARTS) is 1. The van der Waals surface area contributed by atoms with Crippen LogP contribution < -0.4 is 5.32 Å². The molecule has 1 atom stereocenters. The van der Waals surface area contributed by atoms with Crippen LogP contribution in [0.1, 0.15) is 24.8 Å². The van der Waals surface area contributed by atoms with Crippen LogP contribution in [0.25, 0.3) is 0 Å². The van der Waals surface area contributed by atoms with Gasteiger partial charge in [-0.3, -0.25) is 4.79 Å². The minimum atomic E-state index is -1.36. The van der Waals surface area contributed by atoms with Crippen LogP contribution in [0.4, 0.5) is 11.4 Å². The number of benzene rings is 2. The molecule has 0 fully saturated rings. The molecule has 0 radical (unpaired) electrons. The number of nitrogens with one attached hydrogen (secondary N) is 1. The zero-order chi connectivity index (χ0) is 22.8. The minimum absolute atomic E-state index is 0.0112. The van der Waals surface area contributed by atoms with Crippen molar-refractivity contribution in [2.24, 2.45) is 0 Å². The van der Waals surface area contributed by atoms with Crippen LogP contribution in [0.5, 0.6) is 0 Å². The van der Waals surface area contributed by atoms with Crippen LogP contribution >= 0.6 is 23.2 Å². The van der Waals surface area contributed by atoms with Gasteiger partial charge < -0.3 is 20.0 Å². The highest BCUT2D eigenvalue weighted by atomic mass is 35.5. The highest BCUT2D eigenvalue weighted by Gasteiger charge is 2.22. The highest BCUT2D eigenvalue weighted by molar-refractivity contribution is 6.39. The third kappa shape index (κ3) is 7.95. The first-order chi connectivity index (χ1) is 14.8. The lowest BCUT2D eigenvalue weighted by atomic mass is 10.1. The Kier molecular flexibility index (Phi) is 9.36. The monoisotopic (exact) mass is 470 g/mol. The number of para-hydroxylation sites is 2. The summed E-state index contributed by atoms with van der Waals surface area (Å²) in [5.41, 5.74) is 1.61. The van der Waals surface area contributed by atoms with Gasteiger partial charge in [-0.2, -0.15) is 0 Å². The largest absolute Gasteiger partial charge is 0.479 e. The van der Waals surface area contributed by atoms with Crippen LogP contribution in [0.3, 0.4) is 0 Å². The number of halogens is 2. The lowest BCUT2D eigenvalue weighted by Crippen LogP contribution is -2.28. The van der Waals surface area contributed by atoms with E-state index in [9.17, 15) is 24.8 Å². The standard InChI is InChI=1S/C20H20Cl2N2O7/c21-14-7-5-8-15(22)19(14)23-16-9-2-1-6-13(16)12-18(25)31-17(20(26)27)10-3-4-11-30-24(28)29/h1-2,5-9,17,23H,3-4,10-12H2,(H,26,27). The molecule has 0 amide bonds. The van der Waals surface area contributed by atoms with E-state index in [4.69, 9.17) is 27.9 Å². The smallest absolute Gasteiger partial charge is 0.345 e. The average molecular weight is 471 g/mol. The number of aliphatic carboxylic acids is 1. The molecule has 0 aliphatic heterocycles. The molecule has 0 heterocycles. The Morgan fingerprint density at radius 3 is 2.42 bits per heavy atom.